The Hall–Kier alpha value is -2.96. The van der Waals surface area contributed by atoms with E-state index in [2.05, 4.69) is 9.97 Å². The highest BCUT2D eigenvalue weighted by molar-refractivity contribution is 6.02. The van der Waals surface area contributed by atoms with Crippen molar-refractivity contribution in [1.29, 1.82) is 0 Å². The maximum absolute atomic E-state index is 13.9. The van der Waals surface area contributed by atoms with Crippen LogP contribution >= 0.6 is 0 Å². The summed E-state index contributed by atoms with van der Waals surface area (Å²) in [5.74, 6) is -0.537. The smallest absolute Gasteiger partial charge is 0.341 e. The molecule has 3 heterocycles. The van der Waals surface area contributed by atoms with Gasteiger partial charge in [-0.3, -0.25) is 4.98 Å². The molecule has 3 rings (SSSR count). The number of fused-ring (bicyclic) bond motifs is 1. The number of ether oxygens (including phenoxy) is 2. The monoisotopic (exact) mass is 329 g/mol. The molecule has 0 spiro atoms. The van der Waals surface area contributed by atoms with Crippen molar-refractivity contribution < 1.29 is 18.7 Å². The molecular formula is C17H16FN3O3. The van der Waals surface area contributed by atoms with E-state index in [4.69, 9.17) is 9.47 Å². The first-order valence-corrected chi connectivity index (χ1v) is 7.27. The highest BCUT2D eigenvalue weighted by Crippen LogP contribution is 2.24. The van der Waals surface area contributed by atoms with E-state index in [9.17, 15) is 9.18 Å². The van der Waals surface area contributed by atoms with Crippen molar-refractivity contribution in [2.75, 3.05) is 14.2 Å². The fourth-order valence-corrected chi connectivity index (χ4v) is 2.58. The molecular weight excluding hydrogens is 313 g/mol. The minimum Gasteiger partial charge on any atom is -0.481 e. The lowest BCUT2D eigenvalue weighted by atomic mass is 10.2. The summed E-state index contributed by atoms with van der Waals surface area (Å²) in [5.41, 5.74) is 2.46. The van der Waals surface area contributed by atoms with Crippen LogP contribution in [0.4, 0.5) is 4.39 Å². The number of nitrogens with zero attached hydrogens (tertiary/aromatic N) is 3. The molecule has 0 aliphatic heterocycles. The largest absolute Gasteiger partial charge is 0.481 e. The maximum Gasteiger partial charge on any atom is 0.341 e. The second-order valence-corrected chi connectivity index (χ2v) is 5.26. The Morgan fingerprint density at radius 3 is 2.88 bits per heavy atom. The Labute approximate surface area is 137 Å². The summed E-state index contributed by atoms with van der Waals surface area (Å²) in [6.45, 7) is 1.86. The van der Waals surface area contributed by atoms with Gasteiger partial charge in [0, 0.05) is 18.0 Å². The molecule has 0 N–H and O–H groups in total. The van der Waals surface area contributed by atoms with E-state index >= 15 is 0 Å². The van der Waals surface area contributed by atoms with E-state index in [0.717, 1.165) is 5.52 Å². The van der Waals surface area contributed by atoms with Crippen LogP contribution in [-0.2, 0) is 11.3 Å². The molecule has 0 unspecified atom stereocenters. The van der Waals surface area contributed by atoms with Crippen molar-refractivity contribution in [2.24, 2.45) is 0 Å². The molecule has 3 aromatic rings. The van der Waals surface area contributed by atoms with Crippen LogP contribution in [0.2, 0.25) is 0 Å². The molecule has 0 fully saturated rings. The maximum atomic E-state index is 13.9. The summed E-state index contributed by atoms with van der Waals surface area (Å²) >= 11 is 0. The molecule has 0 bridgehead atoms. The Kier molecular flexibility index (Phi) is 4.16. The van der Waals surface area contributed by atoms with Gasteiger partial charge >= 0.3 is 5.97 Å². The van der Waals surface area contributed by atoms with Gasteiger partial charge in [-0.15, -0.1) is 0 Å². The van der Waals surface area contributed by atoms with Crippen molar-refractivity contribution in [2.45, 2.75) is 13.5 Å². The number of carbonyl (C=O) groups is 1. The minimum absolute atomic E-state index is 0.268. The number of pyridine rings is 2. The molecule has 6 nitrogen and oxygen atoms in total. The number of hydrogen-bond acceptors (Lipinski definition) is 5. The molecule has 0 saturated carbocycles. The fourth-order valence-electron chi connectivity index (χ4n) is 2.58. The normalized spacial score (nSPS) is 10.8. The van der Waals surface area contributed by atoms with E-state index in [0.29, 0.717) is 22.5 Å². The van der Waals surface area contributed by atoms with Crippen molar-refractivity contribution in [3.05, 3.63) is 53.2 Å². The Morgan fingerprint density at radius 2 is 2.17 bits per heavy atom. The van der Waals surface area contributed by atoms with Crippen LogP contribution < -0.4 is 4.74 Å². The van der Waals surface area contributed by atoms with Crippen LogP contribution in [0.5, 0.6) is 5.88 Å². The van der Waals surface area contributed by atoms with Gasteiger partial charge in [0.1, 0.15) is 16.9 Å². The van der Waals surface area contributed by atoms with Gasteiger partial charge in [0.15, 0.2) is 0 Å². The Bertz CT molecular complexity index is 921. The molecule has 0 radical (unpaired) electrons. The molecule has 0 saturated heterocycles. The second kappa shape index (κ2) is 6.27. The molecule has 0 atom stereocenters. The number of halogens is 1. The summed E-state index contributed by atoms with van der Waals surface area (Å²) in [7, 11) is 2.80. The van der Waals surface area contributed by atoms with Gasteiger partial charge in [-0.2, -0.15) is 0 Å². The first-order valence-electron chi connectivity index (χ1n) is 7.27. The fraction of sp³-hybridized carbons (Fsp3) is 0.235. The quantitative estimate of drug-likeness (QED) is 0.689. The summed E-state index contributed by atoms with van der Waals surface area (Å²) in [6.07, 6.45) is 3.24. The SMILES string of the molecule is COC(=O)c1cn(Cc2cc(F)c(C)nc2OC)c2cccnc12. The summed E-state index contributed by atoms with van der Waals surface area (Å²) in [5, 5.41) is 0. The number of aromatic nitrogens is 3. The highest BCUT2D eigenvalue weighted by Gasteiger charge is 2.18. The summed E-state index contributed by atoms with van der Waals surface area (Å²) in [4.78, 5) is 20.3. The van der Waals surface area contributed by atoms with Crippen LogP contribution in [0.15, 0.2) is 30.6 Å². The number of hydrogen-bond donors (Lipinski definition) is 0. The zero-order valence-corrected chi connectivity index (χ0v) is 13.5. The van der Waals surface area contributed by atoms with Gasteiger partial charge in [0.2, 0.25) is 5.88 Å². The van der Waals surface area contributed by atoms with Crippen LogP contribution in [0.3, 0.4) is 0 Å². The van der Waals surface area contributed by atoms with Crippen LogP contribution in [0, 0.1) is 12.7 Å². The van der Waals surface area contributed by atoms with E-state index in [1.165, 1.54) is 20.3 Å². The molecule has 7 heteroatoms. The summed E-state index contributed by atoms with van der Waals surface area (Å²) in [6, 6.07) is 4.99. The average Bonchev–Trinajstić information content (AvgIpc) is 2.96. The first-order chi connectivity index (χ1) is 11.5. The number of carbonyl (C=O) groups excluding carboxylic acids is 1. The van der Waals surface area contributed by atoms with Gasteiger partial charge in [-0.1, -0.05) is 0 Å². The van der Waals surface area contributed by atoms with Crippen molar-refractivity contribution >= 4 is 17.0 Å². The van der Waals surface area contributed by atoms with Crippen LogP contribution in [-0.4, -0.2) is 34.7 Å². The standard InChI is InChI=1S/C17H16FN3O3/c1-10-13(18)7-11(16(20-10)23-2)8-21-9-12(17(22)24-3)15-14(21)5-4-6-19-15/h4-7,9H,8H2,1-3H3. The molecule has 0 aliphatic rings. The van der Waals surface area contributed by atoms with Gasteiger partial charge < -0.3 is 14.0 Å². The predicted molar refractivity (Wildman–Crippen MR) is 85.7 cm³/mol. The molecule has 124 valence electrons. The zero-order chi connectivity index (χ0) is 17.3. The predicted octanol–water partition coefficient (Wildman–Crippen LogP) is 2.72. The third-order valence-electron chi connectivity index (χ3n) is 3.77. The highest BCUT2D eigenvalue weighted by atomic mass is 19.1. The molecule has 0 aliphatic carbocycles. The van der Waals surface area contributed by atoms with Crippen molar-refractivity contribution in [3.63, 3.8) is 0 Å². The third kappa shape index (κ3) is 2.68. The Morgan fingerprint density at radius 1 is 1.38 bits per heavy atom. The van der Waals surface area contributed by atoms with E-state index in [1.54, 1.807) is 30.0 Å². The van der Waals surface area contributed by atoms with E-state index < -0.39 is 11.8 Å². The molecule has 24 heavy (non-hydrogen) atoms. The van der Waals surface area contributed by atoms with Crippen LogP contribution in [0.1, 0.15) is 21.6 Å². The average molecular weight is 329 g/mol. The molecule has 0 aromatic carbocycles. The van der Waals surface area contributed by atoms with Gasteiger partial charge in [-0.05, 0) is 25.1 Å². The minimum atomic E-state index is -0.474. The summed E-state index contributed by atoms with van der Waals surface area (Å²) < 4.78 is 25.7. The lowest BCUT2D eigenvalue weighted by Crippen LogP contribution is -2.05. The third-order valence-corrected chi connectivity index (χ3v) is 3.77. The van der Waals surface area contributed by atoms with Crippen molar-refractivity contribution in [3.8, 4) is 5.88 Å². The number of esters is 1. The van der Waals surface area contributed by atoms with Crippen LogP contribution in [0.25, 0.3) is 11.0 Å². The first kappa shape index (κ1) is 15.9. The number of aryl methyl sites for hydroxylation is 1. The van der Waals surface area contributed by atoms with Gasteiger partial charge in [-0.25, -0.2) is 14.2 Å². The van der Waals surface area contributed by atoms with Crippen molar-refractivity contribution in [1.82, 2.24) is 14.5 Å². The van der Waals surface area contributed by atoms with E-state index in [-0.39, 0.29) is 12.2 Å². The number of methoxy groups -OCH3 is 2. The Balaban J connectivity index is 2.11. The second-order valence-electron chi connectivity index (χ2n) is 5.26. The lowest BCUT2D eigenvalue weighted by Gasteiger charge is -2.11. The van der Waals surface area contributed by atoms with E-state index in [1.807, 2.05) is 6.07 Å². The number of rotatable bonds is 4. The molecule has 0 amide bonds. The lowest BCUT2D eigenvalue weighted by molar-refractivity contribution is 0.0602. The van der Waals surface area contributed by atoms with Gasteiger partial charge in [0.25, 0.3) is 0 Å². The van der Waals surface area contributed by atoms with Gasteiger partial charge in [0.05, 0.1) is 32.0 Å². The zero-order valence-electron chi connectivity index (χ0n) is 13.5. The molecule has 3 aromatic heterocycles. The topological polar surface area (TPSA) is 66.2 Å².